The van der Waals surface area contributed by atoms with Crippen LogP contribution in [0.25, 0.3) is 0 Å². The molecule has 0 spiro atoms. The predicted octanol–water partition coefficient (Wildman–Crippen LogP) is 6.45. The monoisotopic (exact) mass is 548 g/mol. The van der Waals surface area contributed by atoms with E-state index >= 15 is 0 Å². The van der Waals surface area contributed by atoms with Crippen LogP contribution in [-0.4, -0.2) is 0 Å². The summed E-state index contributed by atoms with van der Waals surface area (Å²) in [6.07, 6.45) is 0. The Morgan fingerprint density at radius 2 is 0.875 bits per heavy atom. The minimum absolute atomic E-state index is 0.290. The number of halogens is 6. The maximum Gasteiger partial charge on any atom is 0.179 e. The fourth-order valence-corrected chi connectivity index (χ4v) is 0. The largest absolute Gasteiger partial charge is 0.179 e. The van der Waals surface area contributed by atoms with Crippen molar-refractivity contribution < 1.29 is 0 Å². The molecule has 0 aromatic carbocycles. The van der Waals surface area contributed by atoms with E-state index < -0.39 is 5.98 Å². The lowest BCUT2D eigenvalue weighted by atomic mass is 30.4. The van der Waals surface area contributed by atoms with E-state index in [1.165, 1.54) is 0 Å². The molecule has 0 saturated carbocycles. The summed E-state index contributed by atoms with van der Waals surface area (Å²) in [5.74, 6) is -1.20. The summed E-state index contributed by atoms with van der Waals surface area (Å²) in [6.45, 7) is 0. The minimum Gasteiger partial charge on any atom is -0.0596 e. The second-order valence-corrected chi connectivity index (χ2v) is 31.0. The number of hydrogen-bond acceptors (Lipinski definition) is 0. The third-order valence-corrected chi connectivity index (χ3v) is 0. The van der Waals surface area contributed by atoms with E-state index in [0.717, 1.165) is 0 Å². The normalized spacial score (nSPS) is 9.00. The third kappa shape index (κ3) is 51.4. The van der Waals surface area contributed by atoms with Crippen LogP contribution in [0.4, 0.5) is 0 Å². The van der Waals surface area contributed by atoms with E-state index in [-0.39, 0.29) is 0.849 Å². The molecule has 0 fully saturated rings. The minimum atomic E-state index is -1.20. The van der Waals surface area contributed by atoms with Crippen molar-refractivity contribution in [3.8, 4) is 0 Å². The fraction of sp³-hybridized carbons (Fsp3) is 0. The highest BCUT2D eigenvalue weighted by Gasteiger charge is 1.80. The first-order valence-corrected chi connectivity index (χ1v) is 14.8. The van der Waals surface area contributed by atoms with E-state index in [0.29, 0.717) is 0 Å². The molecule has 0 rings (SSSR count). The molecule has 0 unspecified atom stereocenters. The smallest absolute Gasteiger partial charge is 0.0596 e. The summed E-state index contributed by atoms with van der Waals surface area (Å²) in [5, 5.41) is 0. The average molecular weight is 549 g/mol. The van der Waals surface area contributed by atoms with Crippen molar-refractivity contribution >= 4 is 107 Å². The van der Waals surface area contributed by atoms with Crippen molar-refractivity contribution in [2.75, 3.05) is 0 Å². The summed E-state index contributed by atoms with van der Waals surface area (Å²) in [7, 11) is 0. The van der Waals surface area contributed by atoms with Crippen molar-refractivity contribution in [1.29, 1.82) is 0 Å². The van der Waals surface area contributed by atoms with Gasteiger partial charge in [-0.1, -0.05) is 33.7 Å². The lowest BCUT2D eigenvalue weighted by molar-refractivity contribution is 4.58. The van der Waals surface area contributed by atoms with E-state index in [1.54, 1.807) is 0 Å². The lowest BCUT2D eigenvalue weighted by Crippen LogP contribution is -0.958. The Bertz CT molecular complexity index is 28.0. The molecule has 0 aromatic rings. The first-order chi connectivity index (χ1) is 3.46. The first-order valence-electron chi connectivity index (χ1n) is 1.01. The molecule has 8 heavy (non-hydrogen) atoms. The summed E-state index contributed by atoms with van der Waals surface area (Å²) < 4.78 is 0.290. The summed E-state index contributed by atoms with van der Waals surface area (Å²) >= 11 is 21.8. The second kappa shape index (κ2) is 10.9. The Hall–Kier alpha value is 3.92. The fourth-order valence-electron chi connectivity index (χ4n) is 0. The predicted molar refractivity (Wildman–Crippen MR) is 73.5 cm³/mol. The van der Waals surface area contributed by atoms with Gasteiger partial charge in [0.2, 0.25) is 0 Å². The molecular formula is Cl3I3P2. The SMILES string of the molecule is ClP(Cl)Cl.IP(I)I. The highest BCUT2D eigenvalue weighted by atomic mass is 127. The van der Waals surface area contributed by atoms with Crippen LogP contribution in [0.5, 0.6) is 0 Å². The molecule has 52 valence electrons. The average Bonchev–Trinajstić information content (AvgIpc) is 1.25. The van der Waals surface area contributed by atoms with Crippen molar-refractivity contribution in [3.05, 3.63) is 0 Å². The first kappa shape index (κ1) is 14.4. The molecule has 0 aliphatic rings. The third-order valence-electron chi connectivity index (χ3n) is 0. The molecule has 0 aliphatic heterocycles. The van der Waals surface area contributed by atoms with Crippen LogP contribution in [0.15, 0.2) is 0 Å². The van der Waals surface area contributed by atoms with Gasteiger partial charge in [-0.25, -0.2) is 0 Å². The van der Waals surface area contributed by atoms with E-state index in [4.69, 9.17) is 33.7 Å². The molecule has 0 N–H and O–H groups in total. The second-order valence-electron chi connectivity index (χ2n) is 0.383. The Morgan fingerprint density at radius 3 is 0.875 bits per heavy atom. The van der Waals surface area contributed by atoms with Crippen LogP contribution >= 0.6 is 107 Å². The van der Waals surface area contributed by atoms with Gasteiger partial charge in [0, 0.05) is 0 Å². The van der Waals surface area contributed by atoms with Gasteiger partial charge in [0.15, 0.2) is 5.98 Å². The van der Waals surface area contributed by atoms with Gasteiger partial charge in [-0.3, -0.25) is 0 Å². The van der Waals surface area contributed by atoms with Gasteiger partial charge in [0.25, 0.3) is 0 Å². The quantitative estimate of drug-likeness (QED) is 0.241. The summed E-state index contributed by atoms with van der Waals surface area (Å²) in [5.41, 5.74) is 0. The van der Waals surface area contributed by atoms with Crippen LogP contribution in [0.2, 0.25) is 0 Å². The Morgan fingerprint density at radius 1 is 0.875 bits per heavy atom. The van der Waals surface area contributed by atoms with Crippen LogP contribution in [-0.2, 0) is 0 Å². The number of rotatable bonds is 0. The highest BCUT2D eigenvalue weighted by Crippen LogP contribution is 2.61. The molecular weight excluding hydrogens is 549 g/mol. The lowest BCUT2D eigenvalue weighted by Gasteiger charge is -1.70. The van der Waals surface area contributed by atoms with E-state index in [9.17, 15) is 0 Å². The molecule has 8 heteroatoms. The van der Waals surface area contributed by atoms with Gasteiger partial charge < -0.3 is 0 Å². The topological polar surface area (TPSA) is 0 Å². The molecule has 0 radical (unpaired) electrons. The zero-order valence-electron chi connectivity index (χ0n) is 3.16. The molecule has 0 amide bonds. The van der Waals surface area contributed by atoms with E-state index in [2.05, 4.69) is 66.1 Å². The van der Waals surface area contributed by atoms with Crippen molar-refractivity contribution in [1.82, 2.24) is 0 Å². The van der Waals surface area contributed by atoms with Crippen molar-refractivity contribution in [3.63, 3.8) is 0 Å². The van der Waals surface area contributed by atoms with Gasteiger partial charge in [0.1, 0.15) is 0 Å². The van der Waals surface area contributed by atoms with Crippen LogP contribution in [0, 0.1) is 0 Å². The molecule has 0 heterocycles. The molecule has 0 saturated heterocycles. The summed E-state index contributed by atoms with van der Waals surface area (Å²) in [4.78, 5) is 0. The molecule has 0 bridgehead atoms. The zero-order chi connectivity index (χ0) is 7.15. The van der Waals surface area contributed by atoms with Gasteiger partial charge in [-0.2, -0.15) is 0 Å². The van der Waals surface area contributed by atoms with Crippen LogP contribution < -0.4 is 0 Å². The van der Waals surface area contributed by atoms with Crippen molar-refractivity contribution in [2.45, 2.75) is 0 Å². The Kier molecular flexibility index (Phi) is 19.7. The maximum absolute atomic E-state index is 4.87. The van der Waals surface area contributed by atoms with Gasteiger partial charge >= 0.3 is 0 Å². The number of hydrogen-bond donors (Lipinski definition) is 0. The maximum atomic E-state index is 4.87. The Labute approximate surface area is 104 Å². The molecule has 0 nitrogen and oxygen atoms in total. The summed E-state index contributed by atoms with van der Waals surface area (Å²) in [6, 6.07) is 0. The molecule has 0 atom stereocenters. The van der Waals surface area contributed by atoms with Gasteiger partial charge in [-0.15, -0.1) is 0 Å². The van der Waals surface area contributed by atoms with Gasteiger partial charge in [0.05, 0.1) is 0.849 Å². The zero-order valence-corrected chi connectivity index (χ0v) is 13.7. The standard InChI is InChI=1S/Cl3P.I3P/c2*1-4(2)3. The van der Waals surface area contributed by atoms with Crippen LogP contribution in [0.3, 0.4) is 0 Å². The molecule has 0 aliphatic carbocycles. The van der Waals surface area contributed by atoms with E-state index in [1.807, 2.05) is 0 Å². The molecule has 0 aromatic heterocycles. The Balaban J connectivity index is 0. The highest BCUT2D eigenvalue weighted by molar-refractivity contribution is 14.4. The van der Waals surface area contributed by atoms with Crippen molar-refractivity contribution in [2.24, 2.45) is 0 Å². The van der Waals surface area contributed by atoms with Crippen LogP contribution in [0.1, 0.15) is 0 Å². The van der Waals surface area contributed by atoms with Gasteiger partial charge in [-0.05, 0) is 66.1 Å².